The topological polar surface area (TPSA) is 73.9 Å². The molecule has 0 aliphatic rings. The third kappa shape index (κ3) is 2.46. The quantitative estimate of drug-likeness (QED) is 0.893. The molecule has 94 valence electrons. The van der Waals surface area contributed by atoms with E-state index < -0.39 is 5.60 Å². The molecular formula is C13H16N4O. The Hall–Kier alpha value is -2.01. The zero-order valence-electron chi connectivity index (χ0n) is 10.7. The molecule has 2 N–H and O–H groups in total. The molecule has 2 aromatic heterocycles. The van der Waals surface area contributed by atoms with Gasteiger partial charge in [-0.15, -0.1) is 0 Å². The van der Waals surface area contributed by atoms with Crippen LogP contribution in [0, 0.1) is 0 Å². The molecule has 18 heavy (non-hydrogen) atoms. The van der Waals surface area contributed by atoms with Gasteiger partial charge in [0, 0.05) is 18.9 Å². The van der Waals surface area contributed by atoms with Crippen LogP contribution in [0.3, 0.4) is 0 Å². The molecule has 2 heterocycles. The van der Waals surface area contributed by atoms with E-state index in [0.29, 0.717) is 5.82 Å². The van der Waals surface area contributed by atoms with Gasteiger partial charge in [0.1, 0.15) is 11.4 Å². The van der Waals surface area contributed by atoms with Gasteiger partial charge in [-0.3, -0.25) is 4.98 Å². The summed E-state index contributed by atoms with van der Waals surface area (Å²) in [6.07, 6.45) is 5.09. The average Bonchev–Trinajstić information content (AvgIpc) is 2.40. The molecule has 0 radical (unpaired) electrons. The lowest BCUT2D eigenvalue weighted by atomic mass is 10.1. The lowest BCUT2D eigenvalue weighted by Gasteiger charge is -2.22. The van der Waals surface area contributed by atoms with Gasteiger partial charge in [-0.05, 0) is 26.0 Å². The van der Waals surface area contributed by atoms with Gasteiger partial charge in [-0.1, -0.05) is 0 Å². The van der Waals surface area contributed by atoms with Crippen molar-refractivity contribution < 1.29 is 4.74 Å². The predicted molar refractivity (Wildman–Crippen MR) is 69.7 cm³/mol. The fraction of sp³-hybridized carbons (Fsp3) is 0.308. The number of methoxy groups -OCH3 is 1. The van der Waals surface area contributed by atoms with E-state index in [4.69, 9.17) is 10.5 Å². The fourth-order valence-electron chi connectivity index (χ4n) is 1.46. The number of aromatic nitrogens is 3. The van der Waals surface area contributed by atoms with Crippen molar-refractivity contribution >= 4 is 5.82 Å². The molecule has 0 amide bonds. The van der Waals surface area contributed by atoms with E-state index in [9.17, 15) is 0 Å². The van der Waals surface area contributed by atoms with Crippen molar-refractivity contribution in [1.29, 1.82) is 0 Å². The second-order valence-electron chi connectivity index (χ2n) is 4.48. The summed E-state index contributed by atoms with van der Waals surface area (Å²) in [6.45, 7) is 3.89. The van der Waals surface area contributed by atoms with Gasteiger partial charge in [0.05, 0.1) is 23.8 Å². The van der Waals surface area contributed by atoms with Crippen molar-refractivity contribution in [3.05, 3.63) is 36.4 Å². The van der Waals surface area contributed by atoms with Gasteiger partial charge in [0.2, 0.25) is 0 Å². The van der Waals surface area contributed by atoms with Gasteiger partial charge >= 0.3 is 0 Å². The molecule has 5 heteroatoms. The Kier molecular flexibility index (Phi) is 3.25. The SMILES string of the molecule is COC(C)(C)c1cncc(-c2ccc(N)nc2)n1. The summed E-state index contributed by atoms with van der Waals surface area (Å²) in [5.74, 6) is 0.486. The summed E-state index contributed by atoms with van der Waals surface area (Å²) in [7, 11) is 1.65. The Morgan fingerprint density at radius 1 is 1.17 bits per heavy atom. The summed E-state index contributed by atoms with van der Waals surface area (Å²) in [4.78, 5) is 12.8. The molecule has 5 nitrogen and oxygen atoms in total. The van der Waals surface area contributed by atoms with E-state index in [1.807, 2.05) is 19.9 Å². The zero-order valence-corrected chi connectivity index (χ0v) is 10.7. The number of nitrogens with zero attached hydrogens (tertiary/aromatic N) is 3. The van der Waals surface area contributed by atoms with Crippen LogP contribution in [0.25, 0.3) is 11.3 Å². The van der Waals surface area contributed by atoms with Gasteiger partial charge in [-0.25, -0.2) is 9.97 Å². The molecule has 0 saturated heterocycles. The molecule has 0 saturated carbocycles. The van der Waals surface area contributed by atoms with Gasteiger partial charge in [-0.2, -0.15) is 0 Å². The summed E-state index contributed by atoms with van der Waals surface area (Å²) < 4.78 is 5.40. The summed E-state index contributed by atoms with van der Waals surface area (Å²) in [5.41, 5.74) is 7.50. The van der Waals surface area contributed by atoms with E-state index in [0.717, 1.165) is 17.0 Å². The number of nitrogen functional groups attached to an aromatic ring is 1. The minimum absolute atomic E-state index is 0.468. The van der Waals surface area contributed by atoms with Crippen LogP contribution in [-0.2, 0) is 10.3 Å². The maximum absolute atomic E-state index is 5.56. The Morgan fingerprint density at radius 3 is 2.56 bits per heavy atom. The molecule has 0 aromatic carbocycles. The van der Waals surface area contributed by atoms with Crippen LogP contribution < -0.4 is 5.73 Å². The highest BCUT2D eigenvalue weighted by atomic mass is 16.5. The number of ether oxygens (including phenoxy) is 1. The molecule has 2 aromatic rings. The Morgan fingerprint density at radius 2 is 1.94 bits per heavy atom. The van der Waals surface area contributed by atoms with Gasteiger partial charge < -0.3 is 10.5 Å². The van der Waals surface area contributed by atoms with Gasteiger partial charge in [0.25, 0.3) is 0 Å². The molecule has 0 atom stereocenters. The van der Waals surface area contributed by atoms with E-state index in [-0.39, 0.29) is 0 Å². The number of pyridine rings is 1. The number of rotatable bonds is 3. The smallest absolute Gasteiger partial charge is 0.123 e. The molecule has 0 aliphatic heterocycles. The van der Waals surface area contributed by atoms with Crippen LogP contribution in [0.1, 0.15) is 19.5 Å². The largest absolute Gasteiger partial charge is 0.384 e. The van der Waals surface area contributed by atoms with Crippen LogP contribution in [-0.4, -0.2) is 22.1 Å². The number of hydrogen-bond donors (Lipinski definition) is 1. The number of hydrogen-bond acceptors (Lipinski definition) is 5. The molecule has 0 unspecified atom stereocenters. The van der Waals surface area contributed by atoms with Crippen LogP contribution >= 0.6 is 0 Å². The van der Waals surface area contributed by atoms with Crippen LogP contribution in [0.4, 0.5) is 5.82 Å². The molecule has 2 rings (SSSR count). The Bertz CT molecular complexity index is 537. The number of nitrogens with two attached hydrogens (primary N) is 1. The molecule has 0 aliphatic carbocycles. The van der Waals surface area contributed by atoms with Crippen molar-refractivity contribution in [2.45, 2.75) is 19.4 Å². The first kappa shape index (κ1) is 12.4. The highest BCUT2D eigenvalue weighted by molar-refractivity contribution is 5.58. The maximum Gasteiger partial charge on any atom is 0.123 e. The fourth-order valence-corrected chi connectivity index (χ4v) is 1.46. The van der Waals surface area contributed by atoms with Crippen molar-refractivity contribution in [3.8, 4) is 11.3 Å². The summed E-state index contributed by atoms with van der Waals surface area (Å²) in [5, 5.41) is 0. The first-order valence-corrected chi connectivity index (χ1v) is 5.62. The van der Waals surface area contributed by atoms with Crippen molar-refractivity contribution in [3.63, 3.8) is 0 Å². The Labute approximate surface area is 106 Å². The second kappa shape index (κ2) is 4.70. The summed E-state index contributed by atoms with van der Waals surface area (Å²) in [6, 6.07) is 3.61. The monoisotopic (exact) mass is 244 g/mol. The van der Waals surface area contributed by atoms with E-state index in [1.165, 1.54) is 0 Å². The summed E-state index contributed by atoms with van der Waals surface area (Å²) >= 11 is 0. The standard InChI is InChI=1S/C13H16N4O/c1-13(2,18-3)11-8-15-7-10(17-11)9-4-5-12(14)16-6-9/h4-8H,1-3H3,(H2,14,16). The Balaban J connectivity index is 2.41. The van der Waals surface area contributed by atoms with E-state index in [1.54, 1.807) is 31.8 Å². The third-order valence-electron chi connectivity index (χ3n) is 2.84. The van der Waals surface area contributed by atoms with Crippen LogP contribution in [0.5, 0.6) is 0 Å². The highest BCUT2D eigenvalue weighted by Crippen LogP contribution is 2.24. The molecular weight excluding hydrogens is 228 g/mol. The molecule has 0 fully saturated rings. The zero-order chi connectivity index (χ0) is 13.2. The van der Waals surface area contributed by atoms with Crippen molar-refractivity contribution in [2.75, 3.05) is 12.8 Å². The maximum atomic E-state index is 5.56. The van der Waals surface area contributed by atoms with Crippen LogP contribution in [0.2, 0.25) is 0 Å². The normalized spacial score (nSPS) is 11.5. The first-order chi connectivity index (χ1) is 8.53. The van der Waals surface area contributed by atoms with Crippen LogP contribution in [0.15, 0.2) is 30.7 Å². The molecule has 0 bridgehead atoms. The van der Waals surface area contributed by atoms with Crippen molar-refractivity contribution in [2.24, 2.45) is 0 Å². The lowest BCUT2D eigenvalue weighted by molar-refractivity contribution is 0.0153. The van der Waals surface area contributed by atoms with Crippen molar-refractivity contribution in [1.82, 2.24) is 15.0 Å². The number of anilines is 1. The molecule has 0 spiro atoms. The first-order valence-electron chi connectivity index (χ1n) is 5.62. The second-order valence-corrected chi connectivity index (χ2v) is 4.48. The minimum atomic E-state index is -0.468. The van der Waals surface area contributed by atoms with E-state index in [2.05, 4.69) is 15.0 Å². The highest BCUT2D eigenvalue weighted by Gasteiger charge is 2.22. The predicted octanol–water partition coefficient (Wildman–Crippen LogP) is 2.00. The third-order valence-corrected chi connectivity index (χ3v) is 2.84. The van der Waals surface area contributed by atoms with Gasteiger partial charge in [0.15, 0.2) is 0 Å². The average molecular weight is 244 g/mol. The van der Waals surface area contributed by atoms with E-state index >= 15 is 0 Å². The lowest BCUT2D eigenvalue weighted by Crippen LogP contribution is -2.21. The minimum Gasteiger partial charge on any atom is -0.384 e.